The Balaban J connectivity index is 1.36. The number of hydrogen-bond donors (Lipinski definition) is 2. The molecule has 37 heavy (non-hydrogen) atoms. The second-order valence-electron chi connectivity index (χ2n) is 9.55. The van der Waals surface area contributed by atoms with Crippen molar-refractivity contribution in [2.24, 2.45) is 0 Å². The molecule has 0 aliphatic heterocycles. The summed E-state index contributed by atoms with van der Waals surface area (Å²) < 4.78 is 6.30. The third-order valence-corrected chi connectivity index (χ3v) is 6.09. The monoisotopic (exact) mass is 492 g/mol. The molecule has 9 heteroatoms. The Morgan fingerprint density at radius 3 is 2.62 bits per heavy atom. The van der Waals surface area contributed by atoms with Crippen molar-refractivity contribution in [2.75, 3.05) is 5.32 Å². The average Bonchev–Trinajstić information content (AvgIpc) is 3.43. The molecular formula is C28H28N8O. The third kappa shape index (κ3) is 5.61. The van der Waals surface area contributed by atoms with E-state index >= 15 is 0 Å². The molecule has 0 radical (unpaired) electrons. The lowest BCUT2D eigenvalue weighted by Crippen LogP contribution is -2.22. The second-order valence-corrected chi connectivity index (χ2v) is 9.55. The van der Waals surface area contributed by atoms with Crippen LogP contribution in [0, 0.1) is 13.8 Å². The van der Waals surface area contributed by atoms with E-state index in [-0.39, 0.29) is 5.41 Å². The fraction of sp³-hybridized carbons (Fsp3) is 0.214. The van der Waals surface area contributed by atoms with Gasteiger partial charge in [0, 0.05) is 35.3 Å². The van der Waals surface area contributed by atoms with Crippen molar-refractivity contribution in [2.45, 2.75) is 39.5 Å². The lowest BCUT2D eigenvalue weighted by molar-refractivity contribution is 0.481. The number of rotatable bonds is 8. The first kappa shape index (κ1) is 24.1. The minimum atomic E-state index is -0.261. The number of anilines is 2. The molecule has 0 bridgehead atoms. The number of aromatic nitrogens is 7. The van der Waals surface area contributed by atoms with Crippen LogP contribution in [0.2, 0.25) is 0 Å². The van der Waals surface area contributed by atoms with E-state index in [4.69, 9.17) is 9.72 Å². The predicted octanol–water partition coefficient (Wildman–Crippen LogP) is 5.72. The van der Waals surface area contributed by atoms with Crippen LogP contribution in [0.5, 0.6) is 11.5 Å². The summed E-state index contributed by atoms with van der Waals surface area (Å²) in [7, 11) is 0. The maximum Gasteiger partial charge on any atom is 0.180 e. The summed E-state index contributed by atoms with van der Waals surface area (Å²) >= 11 is 0. The van der Waals surface area contributed by atoms with Crippen LogP contribution >= 0.6 is 0 Å². The SMILES string of the molecule is Cc1cc(Oc2ccnc(Nc3cccc(CC(C)(C)c4nn[nH]n4)c3)c2)c(-c2ccccn2)nc1C. The summed E-state index contributed by atoms with van der Waals surface area (Å²) in [5.74, 6) is 2.64. The first-order valence-electron chi connectivity index (χ1n) is 12.0. The molecule has 0 amide bonds. The first-order chi connectivity index (χ1) is 17.9. The highest BCUT2D eigenvalue weighted by molar-refractivity contribution is 5.65. The van der Waals surface area contributed by atoms with E-state index in [2.05, 4.69) is 61.9 Å². The first-order valence-corrected chi connectivity index (χ1v) is 12.0. The van der Waals surface area contributed by atoms with Crippen molar-refractivity contribution in [3.8, 4) is 22.9 Å². The molecule has 4 heterocycles. The van der Waals surface area contributed by atoms with Gasteiger partial charge < -0.3 is 10.1 Å². The molecule has 0 saturated heterocycles. The van der Waals surface area contributed by atoms with Crippen LogP contribution in [0.4, 0.5) is 11.5 Å². The molecule has 5 rings (SSSR count). The molecule has 0 spiro atoms. The number of aromatic amines is 1. The van der Waals surface area contributed by atoms with Crippen molar-refractivity contribution >= 4 is 11.5 Å². The molecule has 0 aliphatic rings. The predicted molar refractivity (Wildman–Crippen MR) is 142 cm³/mol. The lowest BCUT2D eigenvalue weighted by atomic mass is 9.85. The van der Waals surface area contributed by atoms with Gasteiger partial charge in [-0.1, -0.05) is 37.3 Å². The summed E-state index contributed by atoms with van der Waals surface area (Å²) in [4.78, 5) is 13.7. The fourth-order valence-corrected chi connectivity index (χ4v) is 4.06. The van der Waals surface area contributed by atoms with Crippen LogP contribution in [0.3, 0.4) is 0 Å². The van der Waals surface area contributed by atoms with Crippen LogP contribution in [-0.4, -0.2) is 35.6 Å². The number of nitrogens with zero attached hydrogens (tertiary/aromatic N) is 6. The van der Waals surface area contributed by atoms with E-state index in [0.717, 1.165) is 34.6 Å². The zero-order valence-electron chi connectivity index (χ0n) is 21.2. The molecule has 9 nitrogen and oxygen atoms in total. The molecule has 2 N–H and O–H groups in total. The van der Waals surface area contributed by atoms with E-state index in [0.29, 0.717) is 28.8 Å². The Bertz CT molecular complexity index is 1500. The van der Waals surface area contributed by atoms with Gasteiger partial charge in [0.25, 0.3) is 0 Å². The lowest BCUT2D eigenvalue weighted by Gasteiger charge is -2.20. The zero-order valence-corrected chi connectivity index (χ0v) is 21.2. The summed E-state index contributed by atoms with van der Waals surface area (Å²) in [5, 5.41) is 17.9. The van der Waals surface area contributed by atoms with Crippen molar-refractivity contribution in [1.82, 2.24) is 35.6 Å². The normalized spacial score (nSPS) is 11.4. The van der Waals surface area contributed by atoms with E-state index in [1.165, 1.54) is 0 Å². The maximum atomic E-state index is 6.30. The Kier molecular flexibility index (Phi) is 6.59. The van der Waals surface area contributed by atoms with Gasteiger partial charge >= 0.3 is 0 Å². The molecule has 0 atom stereocenters. The van der Waals surface area contributed by atoms with Crippen LogP contribution < -0.4 is 10.1 Å². The minimum Gasteiger partial charge on any atom is -0.455 e. The molecule has 0 saturated carbocycles. The number of nitrogens with one attached hydrogen (secondary N) is 2. The Morgan fingerprint density at radius 2 is 1.84 bits per heavy atom. The Hall–Kier alpha value is -4.66. The van der Waals surface area contributed by atoms with Crippen molar-refractivity contribution < 1.29 is 4.74 Å². The number of pyridine rings is 3. The summed E-state index contributed by atoms with van der Waals surface area (Å²) in [6, 6.07) is 19.7. The van der Waals surface area contributed by atoms with Crippen LogP contribution in [-0.2, 0) is 11.8 Å². The topological polar surface area (TPSA) is 114 Å². The number of benzene rings is 1. The molecule has 0 fully saturated rings. The Labute approximate surface area is 215 Å². The highest BCUT2D eigenvalue weighted by Gasteiger charge is 2.26. The van der Waals surface area contributed by atoms with E-state index in [1.54, 1.807) is 12.4 Å². The van der Waals surface area contributed by atoms with Crippen molar-refractivity contribution in [1.29, 1.82) is 0 Å². The molecular weight excluding hydrogens is 464 g/mol. The summed E-state index contributed by atoms with van der Waals surface area (Å²) in [5.41, 5.74) is 5.25. The summed E-state index contributed by atoms with van der Waals surface area (Å²) in [6.45, 7) is 8.20. The molecule has 1 aromatic carbocycles. The Morgan fingerprint density at radius 1 is 0.946 bits per heavy atom. The molecule has 4 aromatic heterocycles. The largest absolute Gasteiger partial charge is 0.455 e. The van der Waals surface area contributed by atoms with Gasteiger partial charge in [-0.05, 0) is 67.8 Å². The molecule has 5 aromatic rings. The fourth-order valence-electron chi connectivity index (χ4n) is 4.06. The van der Waals surface area contributed by atoms with Gasteiger partial charge in [0.2, 0.25) is 0 Å². The number of tetrazole rings is 1. The zero-order chi connectivity index (χ0) is 25.8. The van der Waals surface area contributed by atoms with Gasteiger partial charge in [0.15, 0.2) is 11.6 Å². The van der Waals surface area contributed by atoms with Crippen LogP contribution in [0.15, 0.2) is 73.1 Å². The standard InChI is InChI=1S/C28H28N8O/c1-18-14-24(26(31-19(18)2)23-10-5-6-12-29-23)37-22-11-13-30-25(16-22)32-21-9-7-8-20(15-21)17-28(3,4)27-33-35-36-34-27/h5-16H,17H2,1-4H3,(H,30,32)(H,33,34,35,36). The second kappa shape index (κ2) is 10.1. The highest BCUT2D eigenvalue weighted by Crippen LogP contribution is 2.33. The average molecular weight is 493 g/mol. The van der Waals surface area contributed by atoms with Crippen molar-refractivity contribution in [3.63, 3.8) is 0 Å². The smallest absolute Gasteiger partial charge is 0.180 e. The van der Waals surface area contributed by atoms with Crippen molar-refractivity contribution in [3.05, 3.63) is 95.7 Å². The van der Waals surface area contributed by atoms with Gasteiger partial charge in [-0.15, -0.1) is 10.2 Å². The van der Waals surface area contributed by atoms with Gasteiger partial charge in [-0.2, -0.15) is 5.21 Å². The van der Waals surface area contributed by atoms with Crippen LogP contribution in [0.1, 0.15) is 36.5 Å². The number of hydrogen-bond acceptors (Lipinski definition) is 8. The minimum absolute atomic E-state index is 0.261. The van der Waals surface area contributed by atoms with E-state index < -0.39 is 0 Å². The molecule has 0 unspecified atom stereocenters. The maximum absolute atomic E-state index is 6.30. The van der Waals surface area contributed by atoms with E-state index in [1.807, 2.05) is 62.4 Å². The molecule has 186 valence electrons. The van der Waals surface area contributed by atoms with E-state index in [9.17, 15) is 0 Å². The van der Waals surface area contributed by atoms with Crippen LogP contribution in [0.25, 0.3) is 11.4 Å². The number of aryl methyl sites for hydroxylation is 2. The van der Waals surface area contributed by atoms with Gasteiger partial charge in [0.1, 0.15) is 17.3 Å². The number of H-pyrrole nitrogens is 1. The van der Waals surface area contributed by atoms with Gasteiger partial charge in [0.05, 0.1) is 5.69 Å². The van der Waals surface area contributed by atoms with Gasteiger partial charge in [-0.3, -0.25) is 4.98 Å². The molecule has 0 aliphatic carbocycles. The highest BCUT2D eigenvalue weighted by atomic mass is 16.5. The third-order valence-electron chi connectivity index (χ3n) is 6.09. The van der Waals surface area contributed by atoms with Gasteiger partial charge in [-0.25, -0.2) is 9.97 Å². The number of ether oxygens (including phenoxy) is 1. The quantitative estimate of drug-likeness (QED) is 0.282. The summed E-state index contributed by atoms with van der Waals surface area (Å²) in [6.07, 6.45) is 4.23.